The van der Waals surface area contributed by atoms with Crippen molar-refractivity contribution >= 4 is 17.2 Å². The lowest BCUT2D eigenvalue weighted by atomic mass is 11.0. The third kappa shape index (κ3) is 3.72. The number of hydrogen-bond donors (Lipinski definition) is 0. The van der Waals surface area contributed by atoms with Crippen LogP contribution >= 0.6 is 0 Å². The van der Waals surface area contributed by atoms with Gasteiger partial charge >= 0.3 is 0 Å². The van der Waals surface area contributed by atoms with Crippen molar-refractivity contribution in [2.45, 2.75) is 18.6 Å². The molecule has 0 fully saturated rings. The number of rotatable bonds is 7. The van der Waals surface area contributed by atoms with Gasteiger partial charge in [-0.25, -0.2) is 0 Å². The van der Waals surface area contributed by atoms with Crippen LogP contribution < -0.4 is 0 Å². The van der Waals surface area contributed by atoms with Gasteiger partial charge in [-0.15, -0.1) is 13.2 Å². The topological polar surface area (TPSA) is 6.48 Å². The molecule has 0 aromatic heterocycles. The molecule has 0 N–H and O–H groups in total. The molecule has 0 aromatic carbocycles. The summed E-state index contributed by atoms with van der Waals surface area (Å²) < 4.78 is 4.80. The first-order chi connectivity index (χ1) is 6.93. The average Bonchev–Trinajstić information content (AvgIpc) is 2.19. The Balaban J connectivity index is 4.80. The zero-order valence-electron chi connectivity index (χ0n) is 11.0. The molecule has 0 aliphatic carbocycles. The Kier molecular flexibility index (Phi) is 6.35. The zero-order chi connectivity index (χ0) is 12.1. The molecule has 88 valence electrons. The SMILES string of the molecule is C=C[SiH](C[Si](C=C)(CC)N(C)C)N(C)C. The van der Waals surface area contributed by atoms with Crippen molar-refractivity contribution in [3.05, 3.63) is 24.6 Å². The first kappa shape index (κ1) is 14.8. The Morgan fingerprint density at radius 2 is 1.73 bits per heavy atom. The van der Waals surface area contributed by atoms with Gasteiger partial charge in [-0.3, -0.25) is 0 Å². The Morgan fingerprint density at radius 1 is 1.20 bits per heavy atom. The summed E-state index contributed by atoms with van der Waals surface area (Å²) in [6.07, 6.45) is 0. The molecule has 0 saturated heterocycles. The van der Waals surface area contributed by atoms with Crippen molar-refractivity contribution in [3.8, 4) is 0 Å². The molecule has 0 saturated carbocycles. The summed E-state index contributed by atoms with van der Waals surface area (Å²) in [5, 5.41) is 0. The second-order valence-electron chi connectivity index (χ2n) is 4.53. The molecule has 0 bridgehead atoms. The third-order valence-corrected chi connectivity index (χ3v) is 13.5. The van der Waals surface area contributed by atoms with Crippen molar-refractivity contribution in [1.29, 1.82) is 0 Å². The van der Waals surface area contributed by atoms with E-state index in [1.165, 1.54) is 11.7 Å². The lowest BCUT2D eigenvalue weighted by Crippen LogP contribution is -2.52. The number of hydrogen-bond acceptors (Lipinski definition) is 2. The van der Waals surface area contributed by atoms with Gasteiger partial charge in [0.2, 0.25) is 0 Å². The molecule has 2 atom stereocenters. The first-order valence-electron chi connectivity index (χ1n) is 5.53. The van der Waals surface area contributed by atoms with Crippen LogP contribution in [-0.2, 0) is 0 Å². The van der Waals surface area contributed by atoms with E-state index in [1.807, 2.05) is 0 Å². The van der Waals surface area contributed by atoms with Crippen LogP contribution in [0, 0.1) is 0 Å². The van der Waals surface area contributed by atoms with Crippen LogP contribution in [0.15, 0.2) is 24.6 Å². The molecule has 0 heterocycles. The molecule has 0 aliphatic heterocycles. The maximum absolute atomic E-state index is 4.06. The lowest BCUT2D eigenvalue weighted by Gasteiger charge is -2.37. The van der Waals surface area contributed by atoms with Gasteiger partial charge < -0.3 is 9.13 Å². The van der Waals surface area contributed by atoms with E-state index in [1.54, 1.807) is 0 Å². The fourth-order valence-electron chi connectivity index (χ4n) is 1.89. The second-order valence-corrected chi connectivity index (χ2v) is 13.0. The largest absolute Gasteiger partial charge is 0.328 e. The fraction of sp³-hybridized carbons (Fsp3) is 0.636. The summed E-state index contributed by atoms with van der Waals surface area (Å²) >= 11 is 0. The maximum Gasteiger partial charge on any atom is 0.150 e. The van der Waals surface area contributed by atoms with Gasteiger partial charge in [0, 0.05) is 0 Å². The van der Waals surface area contributed by atoms with Crippen molar-refractivity contribution in [2.24, 2.45) is 0 Å². The summed E-state index contributed by atoms with van der Waals surface area (Å²) in [6.45, 7) is 10.3. The Hall–Kier alpha value is -0.166. The van der Waals surface area contributed by atoms with Crippen LogP contribution in [0.3, 0.4) is 0 Å². The smallest absolute Gasteiger partial charge is 0.150 e. The van der Waals surface area contributed by atoms with Gasteiger partial charge in [-0.2, -0.15) is 0 Å². The van der Waals surface area contributed by atoms with Gasteiger partial charge in [-0.05, 0) is 39.9 Å². The molecular formula is C11H26N2Si2. The van der Waals surface area contributed by atoms with Gasteiger partial charge in [0.15, 0.2) is 0 Å². The molecular weight excluding hydrogens is 216 g/mol. The molecule has 0 spiro atoms. The van der Waals surface area contributed by atoms with E-state index in [2.05, 4.69) is 68.8 Å². The van der Waals surface area contributed by atoms with Crippen molar-refractivity contribution < 1.29 is 0 Å². The predicted octanol–water partition coefficient (Wildman–Crippen LogP) is 1.79. The molecule has 0 aromatic rings. The molecule has 4 heteroatoms. The normalized spacial score (nSPS) is 17.5. The zero-order valence-corrected chi connectivity index (χ0v) is 13.1. The van der Waals surface area contributed by atoms with Crippen LogP contribution in [0.25, 0.3) is 0 Å². The minimum absolute atomic E-state index is 0.957. The summed E-state index contributed by atoms with van der Waals surface area (Å²) in [7, 11) is 6.36. The Morgan fingerprint density at radius 3 is 1.93 bits per heavy atom. The summed E-state index contributed by atoms with van der Waals surface area (Å²) in [6, 6.07) is 1.24. The van der Waals surface area contributed by atoms with E-state index in [-0.39, 0.29) is 0 Å². The van der Waals surface area contributed by atoms with Crippen molar-refractivity contribution in [1.82, 2.24) is 9.13 Å². The average molecular weight is 243 g/mol. The molecule has 0 rings (SSSR count). The van der Waals surface area contributed by atoms with E-state index in [4.69, 9.17) is 0 Å². The van der Waals surface area contributed by atoms with Crippen LogP contribution in [0.4, 0.5) is 0 Å². The van der Waals surface area contributed by atoms with Crippen LogP contribution in [0.1, 0.15) is 6.92 Å². The summed E-state index contributed by atoms with van der Waals surface area (Å²) in [5.74, 6) is 0. The Bertz CT molecular complexity index is 217. The van der Waals surface area contributed by atoms with Gasteiger partial charge in [0.25, 0.3) is 0 Å². The van der Waals surface area contributed by atoms with Crippen molar-refractivity contribution in [2.75, 3.05) is 28.2 Å². The van der Waals surface area contributed by atoms with Crippen molar-refractivity contribution in [3.63, 3.8) is 0 Å². The quantitative estimate of drug-likeness (QED) is 0.628. The van der Waals surface area contributed by atoms with E-state index in [0.29, 0.717) is 0 Å². The molecule has 2 nitrogen and oxygen atoms in total. The molecule has 0 amide bonds. The molecule has 15 heavy (non-hydrogen) atoms. The molecule has 0 aliphatic rings. The lowest BCUT2D eigenvalue weighted by molar-refractivity contribution is 0.612. The molecule has 2 unspecified atom stereocenters. The minimum atomic E-state index is -1.42. The fourth-order valence-corrected chi connectivity index (χ4v) is 11.9. The van der Waals surface area contributed by atoms with E-state index in [0.717, 1.165) is 0 Å². The van der Waals surface area contributed by atoms with Gasteiger partial charge in [-0.1, -0.05) is 18.3 Å². The van der Waals surface area contributed by atoms with Crippen LogP contribution in [-0.4, -0.2) is 54.5 Å². The third-order valence-electron chi connectivity index (χ3n) is 3.38. The highest BCUT2D eigenvalue weighted by Crippen LogP contribution is 2.21. The highest BCUT2D eigenvalue weighted by Gasteiger charge is 2.34. The monoisotopic (exact) mass is 242 g/mol. The molecule has 0 radical (unpaired) electrons. The van der Waals surface area contributed by atoms with Crippen LogP contribution in [0.5, 0.6) is 0 Å². The van der Waals surface area contributed by atoms with E-state index in [9.17, 15) is 0 Å². The standard InChI is InChI=1S/C11H26N2Si2/c1-8-14(12(4)5)11-15(9-2,10-3)13(6)7/h8-9,14H,1-2,10-11H2,3-7H3. The first-order valence-corrected chi connectivity index (χ1v) is 9.97. The maximum atomic E-state index is 4.06. The number of nitrogens with zero attached hydrogens (tertiary/aromatic N) is 2. The van der Waals surface area contributed by atoms with E-state index >= 15 is 0 Å². The highest BCUT2D eigenvalue weighted by atomic mass is 28.4. The summed E-state index contributed by atoms with van der Waals surface area (Å²) in [4.78, 5) is 0. The van der Waals surface area contributed by atoms with E-state index < -0.39 is 17.2 Å². The summed E-state index contributed by atoms with van der Waals surface area (Å²) in [5.41, 5.74) is 5.74. The van der Waals surface area contributed by atoms with Gasteiger partial charge in [0.05, 0.1) is 0 Å². The van der Waals surface area contributed by atoms with Crippen LogP contribution in [0.2, 0.25) is 11.7 Å². The minimum Gasteiger partial charge on any atom is -0.328 e. The predicted molar refractivity (Wildman–Crippen MR) is 76.0 cm³/mol. The van der Waals surface area contributed by atoms with Gasteiger partial charge in [0.1, 0.15) is 17.2 Å². The Labute approximate surface area is 98.0 Å². The second kappa shape index (κ2) is 6.42. The highest BCUT2D eigenvalue weighted by molar-refractivity contribution is 6.91.